The lowest BCUT2D eigenvalue weighted by atomic mass is 9.92. The molecule has 0 unspecified atom stereocenters. The van der Waals surface area contributed by atoms with Gasteiger partial charge in [-0.15, -0.1) is 0 Å². The van der Waals surface area contributed by atoms with Gasteiger partial charge in [-0.2, -0.15) is 0 Å². The standard InChI is InChI=1S/C14H17BN2O3/c16-13(14(18)17-9-15(19)20)8-11-6-3-5-10-4-1-2-7-12(10)11/h1-7,13,19-20H,8-9,16H2,(H,17,18)/t13-/m0/s1. The van der Waals surface area contributed by atoms with Gasteiger partial charge in [-0.25, -0.2) is 0 Å². The molecule has 5 N–H and O–H groups in total. The number of hydrogen-bond acceptors (Lipinski definition) is 4. The molecule has 0 aliphatic heterocycles. The molecule has 0 aliphatic carbocycles. The van der Waals surface area contributed by atoms with Crippen LogP contribution in [0.4, 0.5) is 0 Å². The fourth-order valence-electron chi connectivity index (χ4n) is 2.12. The minimum Gasteiger partial charge on any atom is -0.426 e. The summed E-state index contributed by atoms with van der Waals surface area (Å²) in [4.78, 5) is 11.7. The Balaban J connectivity index is 2.10. The molecule has 0 radical (unpaired) electrons. The second-order valence-electron chi connectivity index (χ2n) is 4.67. The third kappa shape index (κ3) is 3.57. The Kier molecular flexibility index (Phi) is 4.73. The number of carbonyl (C=O) groups is 1. The first-order valence-electron chi connectivity index (χ1n) is 6.44. The van der Waals surface area contributed by atoms with Crippen molar-refractivity contribution in [3.05, 3.63) is 48.0 Å². The number of nitrogens with one attached hydrogen (secondary N) is 1. The van der Waals surface area contributed by atoms with Gasteiger partial charge in [0.25, 0.3) is 0 Å². The Bertz CT molecular complexity index is 598. The van der Waals surface area contributed by atoms with Gasteiger partial charge in [0.15, 0.2) is 0 Å². The van der Waals surface area contributed by atoms with Crippen molar-refractivity contribution in [2.45, 2.75) is 12.5 Å². The highest BCUT2D eigenvalue weighted by Gasteiger charge is 2.17. The first-order valence-corrected chi connectivity index (χ1v) is 6.44. The van der Waals surface area contributed by atoms with Crippen LogP contribution in [-0.4, -0.2) is 35.6 Å². The number of benzene rings is 2. The maximum Gasteiger partial charge on any atom is 0.472 e. The zero-order valence-corrected chi connectivity index (χ0v) is 11.0. The van der Waals surface area contributed by atoms with Crippen LogP contribution < -0.4 is 11.1 Å². The average Bonchev–Trinajstić information content (AvgIpc) is 2.45. The van der Waals surface area contributed by atoms with E-state index in [0.29, 0.717) is 6.42 Å². The maximum atomic E-state index is 11.7. The van der Waals surface area contributed by atoms with Gasteiger partial charge in [0.2, 0.25) is 5.91 Å². The van der Waals surface area contributed by atoms with Crippen LogP contribution in [0.3, 0.4) is 0 Å². The average molecular weight is 272 g/mol. The van der Waals surface area contributed by atoms with E-state index >= 15 is 0 Å². The number of rotatable bonds is 5. The van der Waals surface area contributed by atoms with E-state index in [1.807, 2.05) is 42.5 Å². The van der Waals surface area contributed by atoms with Gasteiger partial charge in [-0.05, 0) is 22.8 Å². The van der Waals surface area contributed by atoms with Crippen molar-refractivity contribution in [2.24, 2.45) is 5.73 Å². The zero-order valence-electron chi connectivity index (χ0n) is 11.0. The molecule has 0 aromatic heterocycles. The van der Waals surface area contributed by atoms with Gasteiger partial charge < -0.3 is 21.1 Å². The molecule has 6 heteroatoms. The topological polar surface area (TPSA) is 95.6 Å². The van der Waals surface area contributed by atoms with Gasteiger partial charge in [-0.1, -0.05) is 42.5 Å². The van der Waals surface area contributed by atoms with E-state index in [9.17, 15) is 4.79 Å². The van der Waals surface area contributed by atoms with Crippen LogP contribution in [0, 0.1) is 0 Å². The first kappa shape index (κ1) is 14.5. The number of fused-ring (bicyclic) bond motifs is 1. The van der Waals surface area contributed by atoms with E-state index in [1.54, 1.807) is 0 Å². The van der Waals surface area contributed by atoms with Crippen LogP contribution in [0.15, 0.2) is 42.5 Å². The lowest BCUT2D eigenvalue weighted by Crippen LogP contribution is -2.45. The Hall–Kier alpha value is -1.89. The van der Waals surface area contributed by atoms with Crippen molar-refractivity contribution in [3.63, 3.8) is 0 Å². The molecule has 0 spiro atoms. The normalized spacial score (nSPS) is 12.2. The summed E-state index contributed by atoms with van der Waals surface area (Å²) < 4.78 is 0. The number of hydrogen-bond donors (Lipinski definition) is 4. The van der Waals surface area contributed by atoms with Crippen LogP contribution in [0.2, 0.25) is 0 Å². The molecule has 5 nitrogen and oxygen atoms in total. The molecule has 0 heterocycles. The highest BCUT2D eigenvalue weighted by molar-refractivity contribution is 6.41. The zero-order chi connectivity index (χ0) is 14.5. The smallest absolute Gasteiger partial charge is 0.426 e. The second-order valence-corrected chi connectivity index (χ2v) is 4.67. The van der Waals surface area contributed by atoms with Crippen molar-refractivity contribution >= 4 is 23.8 Å². The van der Waals surface area contributed by atoms with Crippen LogP contribution in [0.25, 0.3) is 10.8 Å². The van der Waals surface area contributed by atoms with Crippen LogP contribution in [-0.2, 0) is 11.2 Å². The van der Waals surface area contributed by atoms with E-state index in [4.69, 9.17) is 15.8 Å². The largest absolute Gasteiger partial charge is 0.472 e. The highest BCUT2D eigenvalue weighted by atomic mass is 16.4. The molecule has 104 valence electrons. The lowest BCUT2D eigenvalue weighted by Gasteiger charge is -2.13. The molecule has 20 heavy (non-hydrogen) atoms. The van der Waals surface area contributed by atoms with Crippen LogP contribution in [0.5, 0.6) is 0 Å². The van der Waals surface area contributed by atoms with Gasteiger partial charge >= 0.3 is 7.12 Å². The van der Waals surface area contributed by atoms with Crippen molar-refractivity contribution in [1.29, 1.82) is 0 Å². The molecule has 2 aromatic carbocycles. The van der Waals surface area contributed by atoms with Crippen LogP contribution >= 0.6 is 0 Å². The summed E-state index contributed by atoms with van der Waals surface area (Å²) in [5.41, 5.74) is 6.85. The third-order valence-corrected chi connectivity index (χ3v) is 3.12. The third-order valence-electron chi connectivity index (χ3n) is 3.12. The van der Waals surface area contributed by atoms with Crippen molar-refractivity contribution in [2.75, 3.05) is 6.44 Å². The minimum absolute atomic E-state index is 0.220. The van der Waals surface area contributed by atoms with Gasteiger partial charge in [-0.3, -0.25) is 4.79 Å². The molecular formula is C14H17BN2O3. The lowest BCUT2D eigenvalue weighted by molar-refractivity contribution is -0.122. The molecule has 0 bridgehead atoms. The first-order chi connectivity index (χ1) is 9.58. The Labute approximate surface area is 117 Å². The van der Waals surface area contributed by atoms with E-state index < -0.39 is 19.1 Å². The fourth-order valence-corrected chi connectivity index (χ4v) is 2.12. The second kappa shape index (κ2) is 6.52. The number of nitrogens with two attached hydrogens (primary N) is 1. The molecule has 0 aliphatic rings. The Morgan fingerprint density at radius 1 is 1.20 bits per heavy atom. The van der Waals surface area contributed by atoms with Crippen molar-refractivity contribution in [1.82, 2.24) is 5.32 Å². The van der Waals surface area contributed by atoms with E-state index in [1.165, 1.54) is 0 Å². The number of amides is 1. The summed E-state index contributed by atoms with van der Waals surface area (Å²) in [5.74, 6) is -0.397. The van der Waals surface area contributed by atoms with E-state index in [0.717, 1.165) is 16.3 Å². The SMILES string of the molecule is N[C@@H](Cc1cccc2ccccc12)C(=O)NCB(O)O. The molecule has 2 aromatic rings. The quantitative estimate of drug-likeness (QED) is 0.569. The number of carbonyl (C=O) groups excluding carboxylic acids is 1. The van der Waals surface area contributed by atoms with E-state index in [-0.39, 0.29) is 6.44 Å². The summed E-state index contributed by atoms with van der Waals surface area (Å²) in [6.45, 7) is 0. The highest BCUT2D eigenvalue weighted by Crippen LogP contribution is 2.19. The predicted molar refractivity (Wildman–Crippen MR) is 78.8 cm³/mol. The summed E-state index contributed by atoms with van der Waals surface area (Å²) in [5, 5.41) is 22.0. The van der Waals surface area contributed by atoms with Crippen LogP contribution in [0.1, 0.15) is 5.56 Å². The van der Waals surface area contributed by atoms with Gasteiger partial charge in [0, 0.05) is 0 Å². The molecule has 2 rings (SSSR count). The molecule has 0 saturated heterocycles. The predicted octanol–water partition coefficient (Wildman–Crippen LogP) is -0.162. The molecule has 1 amide bonds. The Morgan fingerprint density at radius 3 is 2.65 bits per heavy atom. The molecule has 0 fully saturated rings. The minimum atomic E-state index is -1.57. The van der Waals surface area contributed by atoms with Crippen molar-refractivity contribution < 1.29 is 14.8 Å². The maximum absolute atomic E-state index is 11.7. The Morgan fingerprint density at radius 2 is 1.90 bits per heavy atom. The van der Waals surface area contributed by atoms with Gasteiger partial charge in [0.1, 0.15) is 0 Å². The summed E-state index contributed by atoms with van der Waals surface area (Å²) in [6.07, 6.45) is 0.177. The van der Waals surface area contributed by atoms with Crippen molar-refractivity contribution in [3.8, 4) is 0 Å². The monoisotopic (exact) mass is 272 g/mol. The van der Waals surface area contributed by atoms with Gasteiger partial charge in [0.05, 0.1) is 12.5 Å². The molecule has 0 saturated carbocycles. The molecule has 1 atom stereocenters. The van der Waals surface area contributed by atoms with E-state index in [2.05, 4.69) is 5.32 Å². The molecular weight excluding hydrogens is 255 g/mol. The summed E-state index contributed by atoms with van der Waals surface area (Å²) in [7, 11) is -1.57. The summed E-state index contributed by atoms with van der Waals surface area (Å²) in [6, 6.07) is 13.1. The fraction of sp³-hybridized carbons (Fsp3) is 0.214. The summed E-state index contributed by atoms with van der Waals surface area (Å²) >= 11 is 0.